The summed E-state index contributed by atoms with van der Waals surface area (Å²) in [4.78, 5) is 17.2. The van der Waals surface area contributed by atoms with Gasteiger partial charge in [0.25, 0.3) is 5.91 Å². The van der Waals surface area contributed by atoms with Crippen LogP contribution in [-0.2, 0) is 16.9 Å². The van der Waals surface area contributed by atoms with E-state index in [1.165, 1.54) is 35.6 Å². The molecule has 0 bridgehead atoms. The predicted octanol–water partition coefficient (Wildman–Crippen LogP) is 4.08. The molecular weight excluding hydrogens is 415 g/mol. The van der Waals surface area contributed by atoms with E-state index in [4.69, 9.17) is 23.2 Å². The zero-order valence-corrected chi connectivity index (χ0v) is 17.0. The van der Waals surface area contributed by atoms with Crippen LogP contribution in [0.1, 0.15) is 17.3 Å². The molecule has 0 aliphatic heterocycles. The van der Waals surface area contributed by atoms with Crippen LogP contribution >= 0.6 is 34.5 Å². The number of hydrogen-bond acceptors (Lipinski definition) is 4. The highest BCUT2D eigenvalue weighted by molar-refractivity contribution is 7.91. The molecular formula is C17H14Cl2N2O3S2. The van der Waals surface area contributed by atoms with E-state index in [0.717, 1.165) is 4.70 Å². The van der Waals surface area contributed by atoms with Gasteiger partial charge in [0.2, 0.25) is 0 Å². The second-order valence-corrected chi connectivity index (χ2v) is 9.57. The van der Waals surface area contributed by atoms with Crippen LogP contribution in [0.2, 0.25) is 10.0 Å². The first kappa shape index (κ1) is 19.1. The van der Waals surface area contributed by atoms with Crippen molar-refractivity contribution in [1.82, 2.24) is 4.57 Å². The van der Waals surface area contributed by atoms with Crippen molar-refractivity contribution in [1.29, 1.82) is 0 Å². The molecule has 0 saturated heterocycles. The Hall–Kier alpha value is -1.67. The Kier molecular flexibility index (Phi) is 5.25. The molecule has 0 unspecified atom stereocenters. The Morgan fingerprint density at radius 2 is 1.81 bits per heavy atom. The quantitative estimate of drug-likeness (QED) is 0.630. The fourth-order valence-corrected chi connectivity index (χ4v) is 4.81. The van der Waals surface area contributed by atoms with Gasteiger partial charge >= 0.3 is 0 Å². The lowest BCUT2D eigenvalue weighted by atomic mass is 10.2. The van der Waals surface area contributed by atoms with Gasteiger partial charge in [-0.3, -0.25) is 4.79 Å². The third-order valence-electron chi connectivity index (χ3n) is 3.89. The Morgan fingerprint density at radius 1 is 1.15 bits per heavy atom. The number of thiazole rings is 1. The van der Waals surface area contributed by atoms with Crippen LogP contribution in [0.3, 0.4) is 0 Å². The van der Waals surface area contributed by atoms with Crippen molar-refractivity contribution in [2.75, 3.05) is 5.75 Å². The SMILES string of the molecule is CCS(=O)(=O)c1ccc(C(=O)N=c2sc3ccc(Cl)c(Cl)c3n2C)cc1. The smallest absolute Gasteiger partial charge is 0.279 e. The van der Waals surface area contributed by atoms with E-state index in [9.17, 15) is 13.2 Å². The minimum absolute atomic E-state index is 0.00556. The molecule has 1 heterocycles. The number of aryl methyl sites for hydroxylation is 1. The lowest BCUT2D eigenvalue weighted by Gasteiger charge is -2.02. The van der Waals surface area contributed by atoms with Crippen molar-refractivity contribution in [2.24, 2.45) is 12.0 Å². The standard InChI is InChI=1S/C17H14Cl2N2O3S2/c1-3-26(23,24)11-6-4-10(5-7-11)16(22)20-17-21(2)15-13(25-17)9-8-12(18)14(15)19/h4-9H,3H2,1-2H3. The second kappa shape index (κ2) is 7.15. The monoisotopic (exact) mass is 428 g/mol. The van der Waals surface area contributed by atoms with Crippen molar-refractivity contribution >= 4 is 60.5 Å². The van der Waals surface area contributed by atoms with Gasteiger partial charge in [0.05, 0.1) is 30.9 Å². The molecule has 0 radical (unpaired) electrons. The van der Waals surface area contributed by atoms with E-state index < -0.39 is 15.7 Å². The first-order valence-corrected chi connectivity index (χ1v) is 10.8. The van der Waals surface area contributed by atoms with Crippen LogP contribution in [0, 0.1) is 0 Å². The molecule has 1 aromatic heterocycles. The number of benzene rings is 2. The fraction of sp³-hybridized carbons (Fsp3) is 0.176. The van der Waals surface area contributed by atoms with Crippen LogP contribution < -0.4 is 4.80 Å². The van der Waals surface area contributed by atoms with Gasteiger partial charge in [-0.25, -0.2) is 8.42 Å². The molecule has 136 valence electrons. The summed E-state index contributed by atoms with van der Waals surface area (Å²) >= 11 is 13.6. The summed E-state index contributed by atoms with van der Waals surface area (Å²) in [5.74, 6) is -0.458. The number of amides is 1. The molecule has 0 atom stereocenters. The van der Waals surface area contributed by atoms with Crippen molar-refractivity contribution in [3.8, 4) is 0 Å². The maximum absolute atomic E-state index is 12.4. The minimum Gasteiger partial charge on any atom is -0.318 e. The first-order chi connectivity index (χ1) is 12.2. The zero-order valence-electron chi connectivity index (χ0n) is 13.9. The number of rotatable bonds is 3. The number of nitrogens with zero attached hydrogens (tertiary/aromatic N) is 2. The summed E-state index contributed by atoms with van der Waals surface area (Å²) in [6, 6.07) is 9.28. The topological polar surface area (TPSA) is 68.5 Å². The van der Waals surface area contributed by atoms with Crippen LogP contribution in [0.5, 0.6) is 0 Å². The normalized spacial score (nSPS) is 12.7. The second-order valence-electron chi connectivity index (χ2n) is 5.50. The highest BCUT2D eigenvalue weighted by Gasteiger charge is 2.14. The molecule has 3 aromatic rings. The molecule has 5 nitrogen and oxygen atoms in total. The largest absolute Gasteiger partial charge is 0.318 e. The highest BCUT2D eigenvalue weighted by Crippen LogP contribution is 2.31. The maximum atomic E-state index is 12.4. The molecule has 0 aliphatic rings. The highest BCUT2D eigenvalue weighted by atomic mass is 35.5. The van der Waals surface area contributed by atoms with Gasteiger partial charge in [-0.2, -0.15) is 4.99 Å². The van der Waals surface area contributed by atoms with Gasteiger partial charge in [-0.15, -0.1) is 0 Å². The van der Waals surface area contributed by atoms with E-state index >= 15 is 0 Å². The van der Waals surface area contributed by atoms with Gasteiger partial charge in [-0.05, 0) is 36.4 Å². The van der Waals surface area contributed by atoms with Crippen LogP contribution in [-0.4, -0.2) is 24.6 Å². The minimum atomic E-state index is -3.30. The molecule has 9 heteroatoms. The Labute approximate surface area is 164 Å². The zero-order chi connectivity index (χ0) is 19.1. The Bertz CT molecular complexity index is 1180. The van der Waals surface area contributed by atoms with Crippen LogP contribution in [0.15, 0.2) is 46.3 Å². The molecule has 0 fully saturated rings. The number of fused-ring (bicyclic) bond motifs is 1. The Balaban J connectivity index is 2.03. The molecule has 0 saturated carbocycles. The van der Waals surface area contributed by atoms with E-state index in [1.807, 2.05) is 6.07 Å². The Morgan fingerprint density at radius 3 is 2.42 bits per heavy atom. The van der Waals surface area contributed by atoms with Crippen molar-refractivity contribution in [3.63, 3.8) is 0 Å². The molecule has 0 aliphatic carbocycles. The third kappa shape index (κ3) is 3.44. The first-order valence-electron chi connectivity index (χ1n) is 7.60. The van der Waals surface area contributed by atoms with Crippen LogP contribution in [0.4, 0.5) is 0 Å². The average Bonchev–Trinajstić information content (AvgIpc) is 2.94. The third-order valence-corrected chi connectivity index (χ3v) is 7.54. The lowest BCUT2D eigenvalue weighted by Crippen LogP contribution is -2.13. The summed E-state index contributed by atoms with van der Waals surface area (Å²) in [5.41, 5.74) is 1.02. The lowest BCUT2D eigenvalue weighted by molar-refractivity contribution is 0.0998. The molecule has 1 amide bonds. The fourth-order valence-electron chi connectivity index (χ4n) is 2.40. The molecule has 26 heavy (non-hydrogen) atoms. The van der Waals surface area contributed by atoms with Gasteiger partial charge < -0.3 is 4.57 Å². The van der Waals surface area contributed by atoms with Crippen molar-refractivity contribution < 1.29 is 13.2 Å². The summed E-state index contributed by atoms with van der Waals surface area (Å²) < 4.78 is 26.3. The van der Waals surface area contributed by atoms with Gasteiger partial charge in [-0.1, -0.05) is 41.5 Å². The van der Waals surface area contributed by atoms with E-state index in [-0.39, 0.29) is 10.6 Å². The van der Waals surface area contributed by atoms with E-state index in [2.05, 4.69) is 4.99 Å². The number of carbonyl (C=O) groups excluding carboxylic acids is 1. The van der Waals surface area contributed by atoms with Crippen molar-refractivity contribution in [3.05, 3.63) is 56.8 Å². The summed E-state index contributed by atoms with van der Waals surface area (Å²) in [6.07, 6.45) is 0. The number of sulfone groups is 1. The average molecular weight is 429 g/mol. The number of halogens is 2. The number of hydrogen-bond donors (Lipinski definition) is 0. The summed E-state index contributed by atoms with van der Waals surface area (Å²) in [5, 5.41) is 0.837. The van der Waals surface area contributed by atoms with E-state index in [0.29, 0.717) is 25.9 Å². The molecule has 0 N–H and O–H groups in total. The summed E-state index contributed by atoms with van der Waals surface area (Å²) in [7, 11) is -1.55. The molecule has 2 aromatic carbocycles. The van der Waals surface area contributed by atoms with Gasteiger partial charge in [0.1, 0.15) is 0 Å². The molecule has 3 rings (SSSR count). The van der Waals surface area contributed by atoms with Gasteiger partial charge in [0, 0.05) is 12.6 Å². The number of carbonyl (C=O) groups is 1. The van der Waals surface area contributed by atoms with Crippen LogP contribution in [0.25, 0.3) is 10.2 Å². The molecule has 0 spiro atoms. The van der Waals surface area contributed by atoms with E-state index in [1.54, 1.807) is 24.6 Å². The van der Waals surface area contributed by atoms with Gasteiger partial charge in [0.15, 0.2) is 14.6 Å². The van der Waals surface area contributed by atoms with Crippen molar-refractivity contribution in [2.45, 2.75) is 11.8 Å². The maximum Gasteiger partial charge on any atom is 0.279 e. The number of aromatic nitrogens is 1. The summed E-state index contributed by atoms with van der Waals surface area (Å²) in [6.45, 7) is 1.57. The predicted molar refractivity (Wildman–Crippen MR) is 105 cm³/mol.